The summed E-state index contributed by atoms with van der Waals surface area (Å²) in [5.74, 6) is 0.145. The van der Waals surface area contributed by atoms with Crippen LogP contribution in [0.5, 0.6) is 17.2 Å². The van der Waals surface area contributed by atoms with Crippen molar-refractivity contribution in [2.75, 3.05) is 48.3 Å². The Labute approximate surface area is 414 Å². The van der Waals surface area contributed by atoms with Crippen LogP contribution in [0.25, 0.3) is 11.0 Å². The van der Waals surface area contributed by atoms with Gasteiger partial charge in [0.2, 0.25) is 0 Å². The molecule has 0 bridgehead atoms. The van der Waals surface area contributed by atoms with E-state index in [0.29, 0.717) is 55.1 Å². The fourth-order valence-corrected chi connectivity index (χ4v) is 12.9. The molecule has 4 fully saturated rings. The van der Waals surface area contributed by atoms with E-state index in [4.69, 9.17) is 9.47 Å². The first-order chi connectivity index (χ1) is 33.9. The van der Waals surface area contributed by atoms with Gasteiger partial charge < -0.3 is 40.2 Å². The van der Waals surface area contributed by atoms with Crippen LogP contribution in [-0.4, -0.2) is 101 Å². The van der Waals surface area contributed by atoms with Gasteiger partial charge in [-0.15, -0.1) is 0 Å². The summed E-state index contributed by atoms with van der Waals surface area (Å²) >= 11 is 0. The van der Waals surface area contributed by atoms with Crippen molar-refractivity contribution >= 4 is 49.8 Å². The van der Waals surface area contributed by atoms with E-state index in [1.165, 1.54) is 42.9 Å². The maximum atomic E-state index is 14.4. The molecule has 5 aliphatic rings. The molecule has 1 amide bonds. The molecular weight excluding hydrogens is 925 g/mol. The first kappa shape index (κ1) is 48.7. The summed E-state index contributed by atoms with van der Waals surface area (Å²) in [5.41, 5.74) is 3.27. The van der Waals surface area contributed by atoms with Gasteiger partial charge in [-0.3, -0.25) is 19.8 Å². The second-order valence-electron chi connectivity index (χ2n) is 21.4. The van der Waals surface area contributed by atoms with E-state index in [0.717, 1.165) is 49.6 Å². The van der Waals surface area contributed by atoms with Crippen molar-refractivity contribution in [2.24, 2.45) is 11.3 Å². The number of nitro benzene ring substituents is 1. The molecule has 378 valence electrons. The zero-order valence-corrected chi connectivity index (χ0v) is 41.8. The van der Waals surface area contributed by atoms with Gasteiger partial charge >= 0.3 is 0 Å². The molecule has 2 saturated carbocycles. The number of carbonyl (C=O) groups excluding carboxylic acids is 1. The minimum atomic E-state index is -4.72. The highest BCUT2D eigenvalue weighted by Crippen LogP contribution is 2.54. The lowest BCUT2D eigenvalue weighted by atomic mass is 9.59. The molecule has 2 saturated heterocycles. The molecule has 5 heterocycles. The van der Waals surface area contributed by atoms with E-state index < -0.39 is 43.1 Å². The van der Waals surface area contributed by atoms with Gasteiger partial charge in [0.05, 0.1) is 33.1 Å². The van der Waals surface area contributed by atoms with Crippen molar-refractivity contribution in [3.8, 4) is 17.2 Å². The van der Waals surface area contributed by atoms with Gasteiger partial charge in [-0.1, -0.05) is 38.1 Å². The molecule has 17 nitrogen and oxygen atoms in total. The molecule has 3 aliphatic heterocycles. The Kier molecular flexibility index (Phi) is 13.2. The smallest absolute Gasteiger partial charge is 0.297 e. The molecule has 18 heteroatoms. The van der Waals surface area contributed by atoms with Crippen LogP contribution >= 0.6 is 0 Å². The SMILES string of the molecule is CC(C)c1ccccc1[C@@H]1CCCN1C1CC2(CCN(c3ccc(C(=O)NS(=O)(=O)c4cc5c(c([N+](=O)[O-])c4)N[C@@H](C4CCC(C)(O)CC4)CO5)c(Oc4cc5cc[nH]c5nc4NC[C@@H](C)O)c3)CC2)C1. The molecule has 2 aliphatic carbocycles. The fraction of sp³-hybridized carbons (Fsp3) is 0.509. The number of aliphatic hydroxyl groups is 2. The highest BCUT2D eigenvalue weighted by Gasteiger charge is 2.50. The molecule has 3 atom stereocenters. The zero-order valence-electron chi connectivity index (χ0n) is 40.9. The summed E-state index contributed by atoms with van der Waals surface area (Å²) in [6, 6.07) is 20.5. The maximum Gasteiger partial charge on any atom is 0.297 e. The number of amides is 1. The average molecular weight is 991 g/mol. The summed E-state index contributed by atoms with van der Waals surface area (Å²) in [5, 5.41) is 40.2. The number of aromatic amines is 1. The predicted molar refractivity (Wildman–Crippen MR) is 272 cm³/mol. The summed E-state index contributed by atoms with van der Waals surface area (Å²) in [4.78, 5) is 38.5. The standard InChI is InChI=1S/C53H66N8O9S/c1-32(2)39-8-5-6-9-40(39)43-10-7-21-60(43)37-28-53(29-37)18-22-59(23-19-53)36-11-12-41(45(25-36)70-47-24-35-15-20-54-49(35)57-50(47)55-30-33(3)62)51(63)58-71(67,68)38-26-44(61(65)66)48-46(27-38)69-31-42(56-48)34-13-16-52(4,64)17-14-34/h5-6,8-9,11-12,15,20,24-27,32-34,37,42-43,56,62,64H,7,10,13-14,16-19,21-23,28-31H2,1-4H3,(H,58,63)(H2,54,55,57)/t33-,34?,42-,43+,52?/m1/s1. The van der Waals surface area contributed by atoms with Crippen LogP contribution in [0, 0.1) is 21.4 Å². The van der Waals surface area contributed by atoms with E-state index in [-0.39, 0.29) is 59.0 Å². The summed E-state index contributed by atoms with van der Waals surface area (Å²) in [6.45, 7) is 11.0. The predicted octanol–water partition coefficient (Wildman–Crippen LogP) is 9.00. The molecule has 5 aromatic rings. The second kappa shape index (κ2) is 19.2. The number of pyridine rings is 1. The zero-order chi connectivity index (χ0) is 49.8. The molecule has 71 heavy (non-hydrogen) atoms. The van der Waals surface area contributed by atoms with Crippen LogP contribution in [0.15, 0.2) is 77.8 Å². The van der Waals surface area contributed by atoms with Crippen LogP contribution < -0.4 is 29.7 Å². The molecule has 1 spiro atoms. The molecule has 0 radical (unpaired) electrons. The van der Waals surface area contributed by atoms with Gasteiger partial charge in [0, 0.05) is 67.2 Å². The Balaban J connectivity index is 0.891. The van der Waals surface area contributed by atoms with E-state index in [9.17, 15) is 33.5 Å². The summed E-state index contributed by atoms with van der Waals surface area (Å²) in [6.07, 6.45) is 10.4. The number of fused-ring (bicyclic) bond motifs is 2. The third kappa shape index (κ3) is 10.00. The number of likely N-dealkylation sites (tertiary alicyclic amines) is 1. The first-order valence-corrected chi connectivity index (χ1v) is 26.8. The lowest BCUT2D eigenvalue weighted by Gasteiger charge is -2.56. The van der Waals surface area contributed by atoms with E-state index in [1.807, 2.05) is 6.07 Å². The topological polar surface area (TPSA) is 225 Å². The van der Waals surface area contributed by atoms with Gasteiger partial charge in [0.1, 0.15) is 18.0 Å². The summed E-state index contributed by atoms with van der Waals surface area (Å²) in [7, 11) is -4.72. The van der Waals surface area contributed by atoms with Crippen molar-refractivity contribution < 1.29 is 37.8 Å². The lowest BCUT2D eigenvalue weighted by Crippen LogP contribution is -2.54. The van der Waals surface area contributed by atoms with Crippen molar-refractivity contribution in [3.63, 3.8) is 0 Å². The number of nitro groups is 1. The Bertz CT molecular complexity index is 2910. The van der Waals surface area contributed by atoms with Crippen molar-refractivity contribution in [1.29, 1.82) is 0 Å². The van der Waals surface area contributed by atoms with Crippen molar-refractivity contribution in [3.05, 3.63) is 99.7 Å². The first-order valence-electron chi connectivity index (χ1n) is 25.3. The summed E-state index contributed by atoms with van der Waals surface area (Å²) < 4.78 is 43.0. The average Bonchev–Trinajstić information content (AvgIpc) is 4.02. The van der Waals surface area contributed by atoms with Crippen molar-refractivity contribution in [1.82, 2.24) is 19.6 Å². The number of anilines is 3. The Morgan fingerprint density at radius 1 is 1.00 bits per heavy atom. The molecule has 0 unspecified atom stereocenters. The quantitative estimate of drug-likeness (QED) is 0.0451. The number of carbonyl (C=O) groups is 1. The molecule has 3 aromatic carbocycles. The normalized spacial score (nSPS) is 23.9. The van der Waals surface area contributed by atoms with E-state index in [1.54, 1.807) is 44.3 Å². The van der Waals surface area contributed by atoms with Gasteiger partial charge in [-0.05, 0) is 137 Å². The third-order valence-corrected chi connectivity index (χ3v) is 17.3. The van der Waals surface area contributed by atoms with Gasteiger partial charge in [-0.2, -0.15) is 0 Å². The van der Waals surface area contributed by atoms with Crippen LogP contribution in [0.1, 0.15) is 125 Å². The molecule has 2 aromatic heterocycles. The number of sulfonamides is 1. The molecule has 10 rings (SSSR count). The number of ether oxygens (including phenoxy) is 2. The maximum absolute atomic E-state index is 14.4. The van der Waals surface area contributed by atoms with Crippen LogP contribution in [0.4, 0.5) is 22.9 Å². The van der Waals surface area contributed by atoms with Gasteiger partial charge in [0.15, 0.2) is 23.0 Å². The van der Waals surface area contributed by atoms with Crippen LogP contribution in [0.3, 0.4) is 0 Å². The van der Waals surface area contributed by atoms with Crippen LogP contribution in [-0.2, 0) is 10.0 Å². The highest BCUT2D eigenvalue weighted by atomic mass is 32.2. The second-order valence-corrected chi connectivity index (χ2v) is 23.1. The number of aliphatic hydroxyl groups excluding tert-OH is 1. The third-order valence-electron chi connectivity index (χ3n) is 16.0. The lowest BCUT2D eigenvalue weighted by molar-refractivity contribution is -0.384. The number of H-pyrrole nitrogens is 1. The minimum Gasteiger partial charge on any atom is -0.489 e. The fourth-order valence-electron chi connectivity index (χ4n) is 11.9. The monoisotopic (exact) mass is 990 g/mol. The number of aromatic nitrogens is 2. The number of nitrogens with zero attached hydrogens (tertiary/aromatic N) is 4. The Morgan fingerprint density at radius 2 is 1.76 bits per heavy atom. The molecule has 6 N–H and O–H groups in total. The minimum absolute atomic E-state index is 0.0160. The van der Waals surface area contributed by atoms with E-state index in [2.05, 4.69) is 73.2 Å². The number of rotatable bonds is 14. The Hall–Kier alpha value is -5.95. The van der Waals surface area contributed by atoms with Crippen LogP contribution in [0.2, 0.25) is 0 Å². The Morgan fingerprint density at radius 3 is 2.49 bits per heavy atom. The number of piperidine rings is 1. The highest BCUT2D eigenvalue weighted by molar-refractivity contribution is 7.90. The van der Waals surface area contributed by atoms with Crippen molar-refractivity contribution in [2.45, 2.75) is 133 Å². The van der Waals surface area contributed by atoms with Gasteiger partial charge in [-0.25, -0.2) is 18.1 Å². The van der Waals surface area contributed by atoms with Gasteiger partial charge in [0.25, 0.3) is 21.6 Å². The largest absolute Gasteiger partial charge is 0.489 e. The number of nitrogens with one attached hydrogen (secondary N) is 4. The molecular formula is C53H66N8O9S. The number of hydrogen-bond donors (Lipinski definition) is 6. The number of benzene rings is 3. The number of hydrogen-bond acceptors (Lipinski definition) is 14. The van der Waals surface area contributed by atoms with E-state index >= 15 is 0 Å².